The van der Waals surface area contributed by atoms with Gasteiger partial charge in [-0.2, -0.15) is 0 Å². The van der Waals surface area contributed by atoms with Gasteiger partial charge in [-0.15, -0.1) is 0 Å². The number of carbonyl (C=O) groups is 1. The first-order valence-corrected chi connectivity index (χ1v) is 13.5. The standard InChI is InChI=1S/C28H32N2O4S/c1-28(2,3)23-15-16-25-24(17-23)30(35(4,32)33)20-26(34-25)27(31)29(18-21-11-7-5-8-12-21)19-22-13-9-6-10-14-22/h5-17,26H,18-20H2,1-4H3. The van der Waals surface area contributed by atoms with Crippen LogP contribution in [-0.4, -0.2) is 38.1 Å². The molecule has 0 fully saturated rings. The highest BCUT2D eigenvalue weighted by Crippen LogP contribution is 2.39. The summed E-state index contributed by atoms with van der Waals surface area (Å²) in [5.41, 5.74) is 3.29. The second-order valence-corrected chi connectivity index (χ2v) is 11.9. The molecule has 0 aromatic heterocycles. The summed E-state index contributed by atoms with van der Waals surface area (Å²) in [5, 5.41) is 0. The number of rotatable bonds is 6. The van der Waals surface area contributed by atoms with Gasteiger partial charge in [0.1, 0.15) is 5.75 Å². The van der Waals surface area contributed by atoms with Crippen molar-refractivity contribution in [1.29, 1.82) is 0 Å². The Balaban J connectivity index is 1.67. The molecular weight excluding hydrogens is 460 g/mol. The van der Waals surface area contributed by atoms with E-state index in [0.717, 1.165) is 16.7 Å². The molecule has 4 rings (SSSR count). The lowest BCUT2D eigenvalue weighted by Crippen LogP contribution is -2.51. The summed E-state index contributed by atoms with van der Waals surface area (Å²) < 4.78 is 33.0. The average molecular weight is 493 g/mol. The third-order valence-corrected chi connectivity index (χ3v) is 7.26. The van der Waals surface area contributed by atoms with Gasteiger partial charge >= 0.3 is 0 Å². The number of nitrogens with zero attached hydrogens (tertiary/aromatic N) is 2. The molecule has 0 N–H and O–H groups in total. The van der Waals surface area contributed by atoms with E-state index >= 15 is 0 Å². The van der Waals surface area contributed by atoms with Crippen molar-refractivity contribution < 1.29 is 17.9 Å². The predicted octanol–water partition coefficient (Wildman–Crippen LogP) is 4.74. The Morgan fingerprint density at radius 3 is 1.97 bits per heavy atom. The van der Waals surface area contributed by atoms with E-state index in [1.54, 1.807) is 11.0 Å². The quantitative estimate of drug-likeness (QED) is 0.499. The Kier molecular flexibility index (Phi) is 6.90. The SMILES string of the molecule is CC(C)(C)c1ccc2c(c1)N(S(C)(=O)=O)CC(C(=O)N(Cc1ccccc1)Cc1ccccc1)O2. The minimum absolute atomic E-state index is 0.0711. The molecule has 0 radical (unpaired) electrons. The Bertz CT molecular complexity index is 1240. The fourth-order valence-corrected chi connectivity index (χ4v) is 5.09. The predicted molar refractivity (Wildman–Crippen MR) is 139 cm³/mol. The highest BCUT2D eigenvalue weighted by molar-refractivity contribution is 7.92. The molecule has 184 valence electrons. The fraction of sp³-hybridized carbons (Fsp3) is 0.321. The lowest BCUT2D eigenvalue weighted by atomic mass is 9.86. The molecule has 0 saturated heterocycles. The molecule has 1 heterocycles. The van der Waals surface area contributed by atoms with E-state index in [0.29, 0.717) is 24.5 Å². The van der Waals surface area contributed by atoms with Crippen molar-refractivity contribution in [2.45, 2.75) is 45.4 Å². The van der Waals surface area contributed by atoms with E-state index in [1.165, 1.54) is 10.6 Å². The monoisotopic (exact) mass is 492 g/mol. The second kappa shape index (κ2) is 9.74. The van der Waals surface area contributed by atoms with E-state index in [1.807, 2.05) is 72.8 Å². The van der Waals surface area contributed by atoms with Crippen LogP contribution in [0.15, 0.2) is 78.9 Å². The number of benzene rings is 3. The number of hydrogen-bond acceptors (Lipinski definition) is 4. The lowest BCUT2D eigenvalue weighted by molar-refractivity contribution is -0.139. The topological polar surface area (TPSA) is 66.9 Å². The fourth-order valence-electron chi connectivity index (χ4n) is 4.18. The number of fused-ring (bicyclic) bond motifs is 1. The Labute approximate surface area is 208 Å². The number of sulfonamides is 1. The van der Waals surface area contributed by atoms with Crippen molar-refractivity contribution >= 4 is 21.6 Å². The Hall–Kier alpha value is -3.32. The molecule has 35 heavy (non-hydrogen) atoms. The largest absolute Gasteiger partial charge is 0.476 e. The number of ether oxygens (including phenoxy) is 1. The van der Waals surface area contributed by atoms with E-state index in [4.69, 9.17) is 4.74 Å². The van der Waals surface area contributed by atoms with E-state index in [-0.39, 0.29) is 17.9 Å². The maximum absolute atomic E-state index is 13.8. The van der Waals surface area contributed by atoms with Crippen molar-refractivity contribution in [2.75, 3.05) is 17.1 Å². The first kappa shape index (κ1) is 24.8. The van der Waals surface area contributed by atoms with Crippen molar-refractivity contribution in [1.82, 2.24) is 4.90 Å². The highest BCUT2D eigenvalue weighted by Gasteiger charge is 2.37. The van der Waals surface area contributed by atoms with Crippen LogP contribution in [0.4, 0.5) is 5.69 Å². The summed E-state index contributed by atoms with van der Waals surface area (Å²) >= 11 is 0. The van der Waals surface area contributed by atoms with Gasteiger partial charge < -0.3 is 9.64 Å². The van der Waals surface area contributed by atoms with Gasteiger partial charge in [0, 0.05) is 13.1 Å². The molecular formula is C28H32N2O4S. The van der Waals surface area contributed by atoms with Crippen molar-refractivity contribution in [3.63, 3.8) is 0 Å². The minimum atomic E-state index is -3.63. The number of anilines is 1. The lowest BCUT2D eigenvalue weighted by Gasteiger charge is -2.37. The molecule has 6 nitrogen and oxygen atoms in total. The summed E-state index contributed by atoms with van der Waals surface area (Å²) in [5.74, 6) is 0.143. The first-order valence-electron chi connectivity index (χ1n) is 11.7. The molecule has 0 bridgehead atoms. The summed E-state index contributed by atoms with van der Waals surface area (Å²) in [6, 6.07) is 25.0. The maximum atomic E-state index is 13.8. The van der Waals surface area contributed by atoms with E-state index in [2.05, 4.69) is 20.8 Å². The zero-order chi connectivity index (χ0) is 25.2. The molecule has 7 heteroatoms. The Morgan fingerprint density at radius 1 is 0.943 bits per heavy atom. The van der Waals surface area contributed by atoms with E-state index < -0.39 is 16.1 Å². The number of carbonyl (C=O) groups excluding carboxylic acids is 1. The first-order chi connectivity index (χ1) is 16.5. The van der Waals surface area contributed by atoms with Crippen LogP contribution in [-0.2, 0) is 33.3 Å². The highest BCUT2D eigenvalue weighted by atomic mass is 32.2. The van der Waals surface area contributed by atoms with Crippen LogP contribution in [0.5, 0.6) is 5.75 Å². The van der Waals surface area contributed by atoms with Gasteiger partial charge in [0.2, 0.25) is 10.0 Å². The molecule has 3 aromatic carbocycles. The smallest absolute Gasteiger partial charge is 0.266 e. The van der Waals surface area contributed by atoms with Gasteiger partial charge in [0.25, 0.3) is 5.91 Å². The summed E-state index contributed by atoms with van der Waals surface area (Å²) in [6.07, 6.45) is 0.212. The van der Waals surface area contributed by atoms with Crippen LogP contribution in [0.25, 0.3) is 0 Å². The third kappa shape index (κ3) is 5.85. The van der Waals surface area contributed by atoms with Crippen molar-refractivity contribution in [3.8, 4) is 5.75 Å². The van der Waals surface area contributed by atoms with Crippen LogP contribution in [0.1, 0.15) is 37.5 Å². The summed E-state index contributed by atoms with van der Waals surface area (Å²) in [4.78, 5) is 15.5. The van der Waals surface area contributed by atoms with Crippen LogP contribution in [0.2, 0.25) is 0 Å². The molecule has 1 unspecified atom stereocenters. The van der Waals surface area contributed by atoms with Gasteiger partial charge in [-0.1, -0.05) is 87.5 Å². The number of amides is 1. The van der Waals surface area contributed by atoms with Gasteiger partial charge in [0.15, 0.2) is 6.10 Å². The van der Waals surface area contributed by atoms with Crippen molar-refractivity contribution in [3.05, 3.63) is 95.6 Å². The van der Waals surface area contributed by atoms with Gasteiger partial charge in [0.05, 0.1) is 18.5 Å². The molecule has 0 aliphatic carbocycles. The van der Waals surface area contributed by atoms with Gasteiger partial charge in [-0.25, -0.2) is 8.42 Å². The molecule has 3 aromatic rings. The van der Waals surface area contributed by atoms with Crippen LogP contribution in [0.3, 0.4) is 0 Å². The normalized spacial score (nSPS) is 15.8. The zero-order valence-electron chi connectivity index (χ0n) is 20.6. The van der Waals surface area contributed by atoms with Crippen LogP contribution >= 0.6 is 0 Å². The minimum Gasteiger partial charge on any atom is -0.476 e. The van der Waals surface area contributed by atoms with E-state index in [9.17, 15) is 13.2 Å². The second-order valence-electron chi connectivity index (χ2n) is 10.00. The molecule has 1 amide bonds. The summed E-state index contributed by atoms with van der Waals surface area (Å²) in [7, 11) is -3.63. The maximum Gasteiger partial charge on any atom is 0.266 e. The zero-order valence-corrected chi connectivity index (χ0v) is 21.5. The average Bonchev–Trinajstić information content (AvgIpc) is 2.82. The van der Waals surface area contributed by atoms with Crippen LogP contribution in [0, 0.1) is 0 Å². The van der Waals surface area contributed by atoms with Gasteiger partial charge in [-0.05, 0) is 34.2 Å². The number of hydrogen-bond donors (Lipinski definition) is 0. The van der Waals surface area contributed by atoms with Gasteiger partial charge in [-0.3, -0.25) is 9.10 Å². The van der Waals surface area contributed by atoms with Crippen molar-refractivity contribution in [2.24, 2.45) is 0 Å². The van der Waals surface area contributed by atoms with Crippen LogP contribution < -0.4 is 9.04 Å². The molecule has 1 atom stereocenters. The molecule has 1 aliphatic heterocycles. The Morgan fingerprint density at radius 2 is 1.49 bits per heavy atom. The summed E-state index contributed by atoms with van der Waals surface area (Å²) in [6.45, 7) is 6.92. The molecule has 0 saturated carbocycles. The molecule has 1 aliphatic rings. The third-order valence-electron chi connectivity index (χ3n) is 6.11. The molecule has 0 spiro atoms.